The molecule has 0 unspecified atom stereocenters. The summed E-state index contributed by atoms with van der Waals surface area (Å²) in [6, 6.07) is 9.92. The highest BCUT2D eigenvalue weighted by Gasteiger charge is 2.08. The summed E-state index contributed by atoms with van der Waals surface area (Å²) in [5.74, 6) is 0.477. The van der Waals surface area contributed by atoms with Crippen molar-refractivity contribution in [3.8, 4) is 11.3 Å². The van der Waals surface area contributed by atoms with E-state index in [0.717, 1.165) is 17.0 Å². The minimum absolute atomic E-state index is 0.263. The van der Waals surface area contributed by atoms with Gasteiger partial charge in [-0.05, 0) is 36.4 Å². The molecular formula is C14H11FN4S. The highest BCUT2D eigenvalue weighted by molar-refractivity contribution is 7.99. The van der Waals surface area contributed by atoms with Crippen molar-refractivity contribution in [2.75, 3.05) is 5.75 Å². The smallest absolute Gasteiger partial charge is 0.207 e. The molecule has 0 N–H and O–H groups in total. The molecule has 0 atom stereocenters. The van der Waals surface area contributed by atoms with Crippen LogP contribution in [-0.2, 0) is 0 Å². The highest BCUT2D eigenvalue weighted by atomic mass is 32.2. The molecule has 1 aromatic carbocycles. The molecule has 0 saturated carbocycles. The van der Waals surface area contributed by atoms with E-state index in [1.54, 1.807) is 22.7 Å². The van der Waals surface area contributed by atoms with Crippen LogP contribution in [0.15, 0.2) is 54.2 Å². The van der Waals surface area contributed by atoms with Crippen molar-refractivity contribution in [2.24, 2.45) is 0 Å². The summed E-state index contributed by atoms with van der Waals surface area (Å²) in [4.78, 5) is 0. The number of nitrogens with zero attached hydrogens (tertiary/aromatic N) is 4. The Morgan fingerprint density at radius 2 is 1.95 bits per heavy atom. The molecule has 3 aromatic rings. The first-order chi connectivity index (χ1) is 9.78. The molecule has 2 heterocycles. The van der Waals surface area contributed by atoms with E-state index in [1.165, 1.54) is 23.9 Å². The van der Waals surface area contributed by atoms with Gasteiger partial charge in [-0.15, -0.1) is 16.8 Å². The standard InChI is InChI=1S/C14H11FN4S/c1-2-9-20-14-17-16-13-8-7-12(18-19(13)14)10-3-5-11(15)6-4-10/h2-8H,1,9H2. The highest BCUT2D eigenvalue weighted by Crippen LogP contribution is 2.20. The second-order valence-electron chi connectivity index (χ2n) is 4.08. The van der Waals surface area contributed by atoms with Crippen molar-refractivity contribution in [2.45, 2.75) is 5.16 Å². The number of benzene rings is 1. The van der Waals surface area contributed by atoms with E-state index in [4.69, 9.17) is 0 Å². The van der Waals surface area contributed by atoms with E-state index in [1.807, 2.05) is 12.1 Å². The average molecular weight is 286 g/mol. The van der Waals surface area contributed by atoms with Gasteiger partial charge in [0.25, 0.3) is 0 Å². The van der Waals surface area contributed by atoms with Crippen LogP contribution in [0.3, 0.4) is 0 Å². The molecule has 0 spiro atoms. The first kappa shape index (κ1) is 12.8. The molecule has 0 radical (unpaired) electrons. The first-order valence-electron chi connectivity index (χ1n) is 6.00. The fraction of sp³-hybridized carbons (Fsp3) is 0.0714. The maximum atomic E-state index is 13.0. The molecule has 0 bridgehead atoms. The SMILES string of the molecule is C=CCSc1nnc2ccc(-c3ccc(F)cc3)nn12. The predicted molar refractivity (Wildman–Crippen MR) is 77.1 cm³/mol. The van der Waals surface area contributed by atoms with E-state index < -0.39 is 0 Å². The van der Waals surface area contributed by atoms with Gasteiger partial charge in [0.15, 0.2) is 5.65 Å². The number of hydrogen-bond donors (Lipinski definition) is 0. The minimum atomic E-state index is -0.263. The van der Waals surface area contributed by atoms with Gasteiger partial charge in [-0.25, -0.2) is 4.39 Å². The lowest BCUT2D eigenvalue weighted by atomic mass is 10.1. The maximum absolute atomic E-state index is 13.0. The second kappa shape index (κ2) is 5.42. The minimum Gasteiger partial charge on any atom is -0.207 e. The van der Waals surface area contributed by atoms with E-state index in [2.05, 4.69) is 21.9 Å². The summed E-state index contributed by atoms with van der Waals surface area (Å²) in [5.41, 5.74) is 2.28. The molecule has 20 heavy (non-hydrogen) atoms. The molecule has 0 fully saturated rings. The average Bonchev–Trinajstić information content (AvgIpc) is 2.88. The Hall–Kier alpha value is -2.21. The van der Waals surface area contributed by atoms with Gasteiger partial charge >= 0.3 is 0 Å². The summed E-state index contributed by atoms with van der Waals surface area (Å²) in [5, 5.41) is 13.4. The molecule has 0 aliphatic heterocycles. The van der Waals surface area contributed by atoms with E-state index in [0.29, 0.717) is 10.8 Å². The molecular weight excluding hydrogens is 275 g/mol. The first-order valence-corrected chi connectivity index (χ1v) is 6.98. The van der Waals surface area contributed by atoms with Crippen molar-refractivity contribution in [3.63, 3.8) is 0 Å². The third-order valence-corrected chi connectivity index (χ3v) is 3.62. The van der Waals surface area contributed by atoms with E-state index in [-0.39, 0.29) is 5.82 Å². The number of fused-ring (bicyclic) bond motifs is 1. The fourth-order valence-electron chi connectivity index (χ4n) is 1.77. The van der Waals surface area contributed by atoms with Crippen molar-refractivity contribution in [1.29, 1.82) is 0 Å². The molecule has 6 heteroatoms. The monoisotopic (exact) mass is 286 g/mol. The van der Waals surface area contributed by atoms with Crippen LogP contribution in [0, 0.1) is 5.82 Å². The zero-order valence-corrected chi connectivity index (χ0v) is 11.3. The molecule has 3 rings (SSSR count). The Labute approximate surface area is 119 Å². The molecule has 0 aliphatic rings. The van der Waals surface area contributed by atoms with Crippen molar-refractivity contribution in [3.05, 3.63) is 54.9 Å². The maximum Gasteiger partial charge on any atom is 0.212 e. The van der Waals surface area contributed by atoms with Crippen molar-refractivity contribution < 1.29 is 4.39 Å². The fourth-order valence-corrected chi connectivity index (χ4v) is 2.39. The lowest BCUT2D eigenvalue weighted by molar-refractivity contribution is 0.628. The van der Waals surface area contributed by atoms with Crippen LogP contribution < -0.4 is 0 Å². The molecule has 0 saturated heterocycles. The number of thioether (sulfide) groups is 1. The van der Waals surface area contributed by atoms with Crippen LogP contribution in [0.5, 0.6) is 0 Å². The third kappa shape index (κ3) is 2.42. The third-order valence-electron chi connectivity index (χ3n) is 2.70. The van der Waals surface area contributed by atoms with E-state index in [9.17, 15) is 4.39 Å². The Morgan fingerprint density at radius 1 is 1.15 bits per heavy atom. The van der Waals surface area contributed by atoms with Gasteiger partial charge in [0.2, 0.25) is 5.16 Å². The van der Waals surface area contributed by atoms with Gasteiger partial charge in [0.1, 0.15) is 5.82 Å². The zero-order valence-electron chi connectivity index (χ0n) is 10.5. The van der Waals surface area contributed by atoms with Gasteiger partial charge < -0.3 is 0 Å². The molecule has 0 amide bonds. The van der Waals surface area contributed by atoms with Gasteiger partial charge in [-0.2, -0.15) is 9.61 Å². The second-order valence-corrected chi connectivity index (χ2v) is 5.06. The Kier molecular flexibility index (Phi) is 3.47. The number of rotatable bonds is 4. The van der Waals surface area contributed by atoms with E-state index >= 15 is 0 Å². The van der Waals surface area contributed by atoms with Crippen LogP contribution in [0.1, 0.15) is 0 Å². The lowest BCUT2D eigenvalue weighted by Gasteiger charge is -2.02. The number of hydrogen-bond acceptors (Lipinski definition) is 4. The van der Waals surface area contributed by atoms with Gasteiger partial charge in [-0.3, -0.25) is 0 Å². The topological polar surface area (TPSA) is 43.1 Å². The summed E-state index contributed by atoms with van der Waals surface area (Å²) in [6.45, 7) is 3.68. The lowest BCUT2D eigenvalue weighted by Crippen LogP contribution is -1.96. The zero-order chi connectivity index (χ0) is 13.9. The van der Waals surface area contributed by atoms with Crippen LogP contribution in [0.4, 0.5) is 4.39 Å². The molecule has 2 aromatic heterocycles. The summed E-state index contributed by atoms with van der Waals surface area (Å²) >= 11 is 1.51. The predicted octanol–water partition coefficient (Wildman–Crippen LogP) is 3.21. The van der Waals surface area contributed by atoms with Crippen LogP contribution >= 0.6 is 11.8 Å². The number of halogens is 1. The largest absolute Gasteiger partial charge is 0.212 e. The quantitative estimate of drug-likeness (QED) is 0.545. The molecule has 4 nitrogen and oxygen atoms in total. The Bertz CT molecular complexity index is 751. The van der Waals surface area contributed by atoms with Gasteiger partial charge in [-0.1, -0.05) is 17.8 Å². The Balaban J connectivity index is 2.04. The van der Waals surface area contributed by atoms with Crippen molar-refractivity contribution in [1.82, 2.24) is 19.8 Å². The van der Waals surface area contributed by atoms with Crippen molar-refractivity contribution >= 4 is 17.4 Å². The van der Waals surface area contributed by atoms with Crippen LogP contribution in [0.25, 0.3) is 16.9 Å². The number of aromatic nitrogens is 4. The summed E-state index contributed by atoms with van der Waals surface area (Å²) < 4.78 is 14.6. The molecule has 100 valence electrons. The van der Waals surface area contributed by atoms with Crippen LogP contribution in [0.2, 0.25) is 0 Å². The van der Waals surface area contributed by atoms with Gasteiger partial charge in [0, 0.05) is 11.3 Å². The summed E-state index contributed by atoms with van der Waals surface area (Å²) in [7, 11) is 0. The Morgan fingerprint density at radius 3 is 2.70 bits per heavy atom. The normalized spacial score (nSPS) is 10.8. The van der Waals surface area contributed by atoms with Crippen LogP contribution in [-0.4, -0.2) is 25.6 Å². The molecule has 0 aliphatic carbocycles. The van der Waals surface area contributed by atoms with Gasteiger partial charge in [0.05, 0.1) is 5.69 Å². The summed E-state index contributed by atoms with van der Waals surface area (Å²) in [6.07, 6.45) is 1.80.